The highest BCUT2D eigenvalue weighted by atomic mass is 16.5. The molecule has 9 heteroatoms. The highest BCUT2D eigenvalue weighted by molar-refractivity contribution is 5.76. The Hall–Kier alpha value is -2.29. The molecule has 1 aliphatic heterocycles. The van der Waals surface area contributed by atoms with Crippen LogP contribution in [-0.2, 0) is 22.5 Å². The van der Waals surface area contributed by atoms with E-state index in [2.05, 4.69) is 25.3 Å². The minimum absolute atomic E-state index is 0.129. The Morgan fingerprint density at radius 2 is 2.43 bits per heavy atom. The lowest BCUT2D eigenvalue weighted by atomic mass is 10.2. The molecule has 2 aromatic heterocycles. The van der Waals surface area contributed by atoms with E-state index in [9.17, 15) is 4.79 Å². The van der Waals surface area contributed by atoms with Crippen LogP contribution in [0.2, 0.25) is 0 Å². The second kappa shape index (κ2) is 7.32. The third kappa shape index (κ3) is 3.92. The molecule has 1 fully saturated rings. The molecule has 1 atom stereocenters. The molecule has 3 heterocycles. The van der Waals surface area contributed by atoms with Crippen molar-refractivity contribution in [3.05, 3.63) is 24.3 Å². The van der Waals surface area contributed by atoms with Gasteiger partial charge < -0.3 is 9.64 Å². The van der Waals surface area contributed by atoms with Crippen LogP contribution in [0.5, 0.6) is 0 Å². The highest BCUT2D eigenvalue weighted by Crippen LogP contribution is 2.20. The van der Waals surface area contributed by atoms with E-state index in [1.54, 1.807) is 11.0 Å². The van der Waals surface area contributed by atoms with E-state index in [0.717, 1.165) is 18.7 Å². The van der Waals surface area contributed by atoms with Crippen LogP contribution in [0.1, 0.15) is 37.5 Å². The number of ether oxygens (including phenoxy) is 1. The number of rotatable bonds is 6. The van der Waals surface area contributed by atoms with E-state index in [0.29, 0.717) is 38.5 Å². The highest BCUT2D eigenvalue weighted by Gasteiger charge is 2.27. The molecule has 23 heavy (non-hydrogen) atoms. The number of nitrogens with zero attached hydrogens (tertiary/aromatic N) is 6. The third-order valence-electron chi connectivity index (χ3n) is 3.84. The average Bonchev–Trinajstić information content (AvgIpc) is 3.26. The minimum atomic E-state index is -0.250. The summed E-state index contributed by atoms with van der Waals surface area (Å²) >= 11 is 0. The summed E-state index contributed by atoms with van der Waals surface area (Å²) in [7, 11) is 0. The lowest BCUT2D eigenvalue weighted by Crippen LogP contribution is -2.42. The Kier molecular flexibility index (Phi) is 4.96. The molecule has 0 bridgehead atoms. The number of aryl methyl sites for hydroxylation is 2. The maximum atomic E-state index is 12.3. The van der Waals surface area contributed by atoms with Gasteiger partial charge >= 0.3 is 0 Å². The number of carbonyl (C=O) groups excluding carboxylic acids is 1. The number of nitrogens with one attached hydrogen (secondary N) is 1. The number of aromatic nitrogens is 6. The molecule has 9 nitrogen and oxygen atoms in total. The SMILES string of the molecule is CCc1nc([C@@H]2CN(C(=O)CCCn3cncn3)CCO2)n[nH]1. The lowest BCUT2D eigenvalue weighted by Gasteiger charge is -2.31. The van der Waals surface area contributed by atoms with E-state index in [4.69, 9.17) is 4.74 Å². The summed E-state index contributed by atoms with van der Waals surface area (Å²) in [6.45, 7) is 4.33. The Bertz CT molecular complexity index is 625. The Morgan fingerprint density at radius 1 is 1.52 bits per heavy atom. The van der Waals surface area contributed by atoms with Gasteiger partial charge in [-0.3, -0.25) is 14.6 Å². The third-order valence-corrected chi connectivity index (χ3v) is 3.84. The van der Waals surface area contributed by atoms with Crippen LogP contribution >= 0.6 is 0 Å². The molecule has 3 rings (SSSR count). The van der Waals surface area contributed by atoms with Crippen LogP contribution in [-0.4, -0.2) is 60.4 Å². The van der Waals surface area contributed by atoms with Crippen molar-refractivity contribution >= 4 is 5.91 Å². The van der Waals surface area contributed by atoms with Crippen LogP contribution in [0.4, 0.5) is 0 Å². The maximum absolute atomic E-state index is 12.3. The Labute approximate surface area is 134 Å². The summed E-state index contributed by atoms with van der Waals surface area (Å²) in [4.78, 5) is 22.5. The quantitative estimate of drug-likeness (QED) is 0.824. The van der Waals surface area contributed by atoms with E-state index in [1.807, 2.05) is 11.8 Å². The van der Waals surface area contributed by atoms with Gasteiger partial charge in [-0.1, -0.05) is 6.92 Å². The van der Waals surface area contributed by atoms with Crippen molar-refractivity contribution in [2.45, 2.75) is 38.8 Å². The van der Waals surface area contributed by atoms with Crippen molar-refractivity contribution in [3.63, 3.8) is 0 Å². The summed E-state index contributed by atoms with van der Waals surface area (Å²) in [5.74, 6) is 1.59. The number of hydrogen-bond acceptors (Lipinski definition) is 6. The van der Waals surface area contributed by atoms with Gasteiger partial charge in [-0.25, -0.2) is 9.97 Å². The molecule has 1 amide bonds. The molecule has 0 radical (unpaired) electrons. The van der Waals surface area contributed by atoms with Gasteiger partial charge in [-0.15, -0.1) is 0 Å². The van der Waals surface area contributed by atoms with Crippen molar-refractivity contribution in [3.8, 4) is 0 Å². The van der Waals surface area contributed by atoms with Gasteiger partial charge in [-0.05, 0) is 6.42 Å². The van der Waals surface area contributed by atoms with E-state index >= 15 is 0 Å². The number of amides is 1. The monoisotopic (exact) mass is 319 g/mol. The number of aromatic amines is 1. The van der Waals surface area contributed by atoms with Gasteiger partial charge in [0.05, 0.1) is 13.2 Å². The smallest absolute Gasteiger partial charge is 0.222 e. The summed E-state index contributed by atoms with van der Waals surface area (Å²) in [6.07, 6.45) is 4.93. The van der Waals surface area contributed by atoms with Gasteiger partial charge in [0.15, 0.2) is 5.82 Å². The first-order valence-electron chi connectivity index (χ1n) is 7.89. The zero-order valence-electron chi connectivity index (χ0n) is 13.2. The molecular formula is C14H21N7O2. The zero-order chi connectivity index (χ0) is 16.1. The molecular weight excluding hydrogens is 298 g/mol. The number of morpholine rings is 1. The van der Waals surface area contributed by atoms with Gasteiger partial charge in [-0.2, -0.15) is 10.2 Å². The summed E-state index contributed by atoms with van der Waals surface area (Å²) in [6, 6.07) is 0. The van der Waals surface area contributed by atoms with E-state index in [1.165, 1.54) is 6.33 Å². The molecule has 124 valence electrons. The van der Waals surface area contributed by atoms with Gasteiger partial charge in [0.1, 0.15) is 24.6 Å². The molecule has 1 aliphatic rings. The van der Waals surface area contributed by atoms with Gasteiger partial charge in [0, 0.05) is 25.9 Å². The maximum Gasteiger partial charge on any atom is 0.222 e. The number of hydrogen-bond donors (Lipinski definition) is 1. The normalized spacial score (nSPS) is 18.3. The van der Waals surface area contributed by atoms with Crippen LogP contribution in [0.25, 0.3) is 0 Å². The van der Waals surface area contributed by atoms with Crippen LogP contribution in [0.3, 0.4) is 0 Å². The Morgan fingerprint density at radius 3 is 3.17 bits per heavy atom. The standard InChI is InChI=1S/C14H21N7O2/c1-2-12-17-14(19-18-12)11-8-20(6-7-23-11)13(22)4-3-5-21-10-15-9-16-21/h9-11H,2-8H2,1H3,(H,17,18,19)/t11-/m0/s1. The number of H-pyrrole nitrogens is 1. The fraction of sp³-hybridized carbons (Fsp3) is 0.643. The van der Waals surface area contributed by atoms with Crippen molar-refractivity contribution in [2.75, 3.05) is 19.7 Å². The van der Waals surface area contributed by atoms with Crippen molar-refractivity contribution in [2.24, 2.45) is 0 Å². The lowest BCUT2D eigenvalue weighted by molar-refractivity contribution is -0.139. The van der Waals surface area contributed by atoms with Crippen molar-refractivity contribution in [1.82, 2.24) is 34.8 Å². The zero-order valence-corrected chi connectivity index (χ0v) is 13.2. The number of carbonyl (C=O) groups is 1. The van der Waals surface area contributed by atoms with Crippen molar-refractivity contribution < 1.29 is 9.53 Å². The van der Waals surface area contributed by atoms with E-state index < -0.39 is 0 Å². The molecule has 0 aliphatic carbocycles. The average molecular weight is 319 g/mol. The molecule has 0 unspecified atom stereocenters. The Balaban J connectivity index is 1.50. The first-order valence-corrected chi connectivity index (χ1v) is 7.89. The molecule has 0 spiro atoms. The minimum Gasteiger partial charge on any atom is -0.366 e. The topological polar surface area (TPSA) is 102 Å². The summed E-state index contributed by atoms with van der Waals surface area (Å²) in [5, 5.41) is 11.1. The summed E-state index contributed by atoms with van der Waals surface area (Å²) < 4.78 is 7.44. The fourth-order valence-corrected chi connectivity index (χ4v) is 2.54. The second-order valence-corrected chi connectivity index (χ2v) is 5.46. The van der Waals surface area contributed by atoms with Gasteiger partial charge in [0.2, 0.25) is 5.91 Å². The van der Waals surface area contributed by atoms with Crippen LogP contribution in [0, 0.1) is 0 Å². The van der Waals surface area contributed by atoms with Gasteiger partial charge in [0.25, 0.3) is 0 Å². The molecule has 0 saturated carbocycles. The largest absolute Gasteiger partial charge is 0.366 e. The van der Waals surface area contributed by atoms with Crippen LogP contribution < -0.4 is 0 Å². The molecule has 1 saturated heterocycles. The molecule has 2 aromatic rings. The molecule has 1 N–H and O–H groups in total. The molecule has 0 aromatic carbocycles. The second-order valence-electron chi connectivity index (χ2n) is 5.46. The predicted octanol–water partition coefficient (Wildman–Crippen LogP) is 0.339. The fourth-order valence-electron chi connectivity index (χ4n) is 2.54. The first-order chi connectivity index (χ1) is 11.3. The van der Waals surface area contributed by atoms with Crippen LogP contribution in [0.15, 0.2) is 12.7 Å². The van der Waals surface area contributed by atoms with E-state index in [-0.39, 0.29) is 12.0 Å². The first kappa shape index (κ1) is 15.6. The van der Waals surface area contributed by atoms with Crippen molar-refractivity contribution in [1.29, 1.82) is 0 Å². The summed E-state index contributed by atoms with van der Waals surface area (Å²) in [5.41, 5.74) is 0. The predicted molar refractivity (Wildman–Crippen MR) is 80.3 cm³/mol.